The summed E-state index contributed by atoms with van der Waals surface area (Å²) in [5, 5.41) is 1.09. The minimum absolute atomic E-state index is 0.366. The Morgan fingerprint density at radius 3 is 2.52 bits per heavy atom. The lowest BCUT2D eigenvalue weighted by Gasteiger charge is -2.24. The number of aromatic amines is 1. The van der Waals surface area contributed by atoms with Crippen molar-refractivity contribution in [3.63, 3.8) is 0 Å². The molecule has 0 unspecified atom stereocenters. The lowest BCUT2D eigenvalue weighted by molar-refractivity contribution is 0.0538. The maximum atomic E-state index is 12.9. The summed E-state index contributed by atoms with van der Waals surface area (Å²) in [6, 6.07) is 9.42. The zero-order chi connectivity index (χ0) is 22.2. The molecule has 4 rings (SSSR count). The van der Waals surface area contributed by atoms with Crippen molar-refractivity contribution >= 4 is 23.0 Å². The van der Waals surface area contributed by atoms with Crippen LogP contribution in [-0.2, 0) is 9.47 Å². The maximum Gasteiger partial charge on any atom is 0.419 e. The fourth-order valence-corrected chi connectivity index (χ4v) is 4.54. The normalized spacial score (nSPS) is 15.2. The lowest BCUT2D eigenvalue weighted by Crippen LogP contribution is -2.27. The Morgan fingerprint density at radius 2 is 1.84 bits per heavy atom. The second kappa shape index (κ2) is 8.25. The van der Waals surface area contributed by atoms with Crippen molar-refractivity contribution < 1.29 is 19.1 Å². The molecule has 1 fully saturated rings. The fraction of sp³-hybridized carbons (Fsp3) is 0.440. The van der Waals surface area contributed by atoms with Crippen LogP contribution >= 0.6 is 0 Å². The molecule has 1 aromatic carbocycles. The number of esters is 1. The van der Waals surface area contributed by atoms with Crippen LogP contribution < -0.4 is 0 Å². The second-order valence-electron chi connectivity index (χ2n) is 9.24. The van der Waals surface area contributed by atoms with E-state index in [1.807, 2.05) is 51.1 Å². The molecule has 2 aromatic heterocycles. The molecule has 3 aromatic rings. The summed E-state index contributed by atoms with van der Waals surface area (Å²) in [4.78, 5) is 28.4. The van der Waals surface area contributed by atoms with Crippen molar-refractivity contribution in [2.75, 3.05) is 7.11 Å². The van der Waals surface area contributed by atoms with Crippen LogP contribution in [-0.4, -0.2) is 34.3 Å². The first kappa shape index (κ1) is 21.2. The number of nitrogens with zero attached hydrogens (tertiary/aromatic N) is 1. The van der Waals surface area contributed by atoms with E-state index in [1.165, 1.54) is 31.9 Å². The van der Waals surface area contributed by atoms with Crippen LogP contribution in [0.3, 0.4) is 0 Å². The molecular formula is C25H30N2O4. The number of methoxy groups -OCH3 is 1. The Kier molecular flexibility index (Phi) is 5.65. The van der Waals surface area contributed by atoms with E-state index in [2.05, 4.69) is 4.98 Å². The van der Waals surface area contributed by atoms with E-state index in [0.29, 0.717) is 11.5 Å². The molecule has 0 radical (unpaired) electrons. The first-order chi connectivity index (χ1) is 14.8. The zero-order valence-corrected chi connectivity index (χ0v) is 18.7. The topological polar surface area (TPSA) is 73.3 Å². The Labute approximate surface area is 182 Å². The molecule has 0 bridgehead atoms. The number of aromatic nitrogens is 2. The SMILES string of the molecule is COC(=O)c1ccc2c(C3CCCCC3)c(-c3cccn3C(=O)OC(C)(C)C)[nH]c2c1. The lowest BCUT2D eigenvalue weighted by atomic mass is 9.82. The molecule has 1 N–H and O–H groups in total. The Morgan fingerprint density at radius 1 is 1.10 bits per heavy atom. The van der Waals surface area contributed by atoms with Crippen molar-refractivity contribution in [1.82, 2.24) is 9.55 Å². The largest absolute Gasteiger partial charge is 0.465 e. The highest BCUT2D eigenvalue weighted by molar-refractivity contribution is 5.98. The molecule has 0 amide bonds. The summed E-state index contributed by atoms with van der Waals surface area (Å²) in [7, 11) is 1.38. The third kappa shape index (κ3) is 4.24. The highest BCUT2D eigenvalue weighted by Crippen LogP contribution is 2.42. The fourth-order valence-electron chi connectivity index (χ4n) is 4.54. The number of rotatable bonds is 3. The van der Waals surface area contributed by atoms with E-state index in [-0.39, 0.29) is 5.97 Å². The minimum atomic E-state index is -0.583. The molecule has 0 spiro atoms. The Hall–Kier alpha value is -3.02. The third-order valence-corrected chi connectivity index (χ3v) is 5.87. The number of carbonyl (C=O) groups is 2. The van der Waals surface area contributed by atoms with Gasteiger partial charge >= 0.3 is 12.1 Å². The molecule has 31 heavy (non-hydrogen) atoms. The summed E-state index contributed by atoms with van der Waals surface area (Å²) in [5.74, 6) is 0.0397. The Bertz CT molecular complexity index is 1110. The van der Waals surface area contributed by atoms with Gasteiger partial charge in [-0.3, -0.25) is 4.57 Å². The number of benzene rings is 1. The molecule has 0 aliphatic heterocycles. The van der Waals surface area contributed by atoms with Crippen molar-refractivity contribution in [3.8, 4) is 11.4 Å². The molecule has 2 heterocycles. The molecule has 6 heteroatoms. The van der Waals surface area contributed by atoms with Gasteiger partial charge in [0.25, 0.3) is 0 Å². The van der Waals surface area contributed by atoms with Crippen LogP contribution in [0.1, 0.15) is 74.7 Å². The van der Waals surface area contributed by atoms with Gasteiger partial charge in [-0.25, -0.2) is 9.59 Å². The van der Waals surface area contributed by atoms with E-state index in [0.717, 1.165) is 35.1 Å². The predicted molar refractivity (Wildman–Crippen MR) is 121 cm³/mol. The van der Waals surface area contributed by atoms with E-state index in [4.69, 9.17) is 9.47 Å². The summed E-state index contributed by atoms with van der Waals surface area (Å²) >= 11 is 0. The molecule has 1 aliphatic carbocycles. The van der Waals surface area contributed by atoms with Crippen molar-refractivity contribution in [3.05, 3.63) is 47.7 Å². The van der Waals surface area contributed by atoms with Crippen LogP contribution in [0.5, 0.6) is 0 Å². The van der Waals surface area contributed by atoms with Gasteiger partial charge in [0.15, 0.2) is 0 Å². The number of hydrogen-bond donors (Lipinski definition) is 1. The quantitative estimate of drug-likeness (QED) is 0.506. The first-order valence-corrected chi connectivity index (χ1v) is 10.9. The van der Waals surface area contributed by atoms with E-state index in [1.54, 1.807) is 10.8 Å². The molecule has 0 saturated heterocycles. The third-order valence-electron chi connectivity index (χ3n) is 5.87. The molecular weight excluding hydrogens is 392 g/mol. The highest BCUT2D eigenvalue weighted by Gasteiger charge is 2.27. The van der Waals surface area contributed by atoms with Gasteiger partial charge in [-0.15, -0.1) is 0 Å². The van der Waals surface area contributed by atoms with E-state index in [9.17, 15) is 9.59 Å². The van der Waals surface area contributed by atoms with Crippen LogP contribution in [0.25, 0.3) is 22.3 Å². The van der Waals surface area contributed by atoms with Gasteiger partial charge in [0.2, 0.25) is 0 Å². The molecule has 0 atom stereocenters. The summed E-state index contributed by atoms with van der Waals surface area (Å²) in [6.07, 6.45) is 7.22. The monoisotopic (exact) mass is 422 g/mol. The maximum absolute atomic E-state index is 12.9. The number of fused-ring (bicyclic) bond motifs is 1. The Balaban J connectivity index is 1.86. The predicted octanol–water partition coefficient (Wildman–Crippen LogP) is 6.25. The number of ether oxygens (including phenoxy) is 2. The number of H-pyrrole nitrogens is 1. The van der Waals surface area contributed by atoms with Crippen LogP contribution in [0, 0.1) is 0 Å². The smallest absolute Gasteiger partial charge is 0.419 e. The van der Waals surface area contributed by atoms with Gasteiger partial charge in [-0.2, -0.15) is 0 Å². The second-order valence-corrected chi connectivity index (χ2v) is 9.24. The van der Waals surface area contributed by atoms with Gasteiger partial charge in [0.05, 0.1) is 24.1 Å². The number of carbonyl (C=O) groups excluding carboxylic acids is 2. The van der Waals surface area contributed by atoms with Crippen molar-refractivity contribution in [2.45, 2.75) is 64.4 Å². The first-order valence-electron chi connectivity index (χ1n) is 10.9. The van der Waals surface area contributed by atoms with Crippen LogP contribution in [0.15, 0.2) is 36.5 Å². The van der Waals surface area contributed by atoms with Crippen molar-refractivity contribution in [1.29, 1.82) is 0 Å². The summed E-state index contributed by atoms with van der Waals surface area (Å²) in [5.41, 5.74) is 3.69. The molecule has 1 aliphatic rings. The van der Waals surface area contributed by atoms with Gasteiger partial charge in [0, 0.05) is 17.1 Å². The molecule has 1 saturated carbocycles. The standard InChI is InChI=1S/C25H30N2O4/c1-25(2,3)31-24(29)27-14-8-11-20(27)22-21(16-9-6-5-7-10-16)18-13-12-17(23(28)30-4)15-19(18)26-22/h8,11-16,26H,5-7,9-10H2,1-4H3. The number of nitrogens with one attached hydrogen (secondary N) is 1. The van der Waals surface area contributed by atoms with E-state index >= 15 is 0 Å². The zero-order valence-electron chi connectivity index (χ0n) is 18.7. The number of hydrogen-bond acceptors (Lipinski definition) is 4. The van der Waals surface area contributed by atoms with Crippen LogP contribution in [0.4, 0.5) is 4.79 Å². The van der Waals surface area contributed by atoms with Gasteiger partial charge in [-0.05, 0) is 69.4 Å². The molecule has 164 valence electrons. The summed E-state index contributed by atoms with van der Waals surface area (Å²) in [6.45, 7) is 5.58. The summed E-state index contributed by atoms with van der Waals surface area (Å²) < 4.78 is 12.1. The molecule has 6 nitrogen and oxygen atoms in total. The van der Waals surface area contributed by atoms with Gasteiger partial charge in [-0.1, -0.05) is 25.3 Å². The van der Waals surface area contributed by atoms with Gasteiger partial charge < -0.3 is 14.5 Å². The van der Waals surface area contributed by atoms with Crippen molar-refractivity contribution in [2.24, 2.45) is 0 Å². The highest BCUT2D eigenvalue weighted by atomic mass is 16.6. The van der Waals surface area contributed by atoms with Gasteiger partial charge in [0.1, 0.15) is 5.60 Å². The average molecular weight is 423 g/mol. The minimum Gasteiger partial charge on any atom is -0.465 e. The van der Waals surface area contributed by atoms with E-state index < -0.39 is 11.7 Å². The average Bonchev–Trinajstić information content (AvgIpc) is 3.36. The van der Waals surface area contributed by atoms with Crippen LogP contribution in [0.2, 0.25) is 0 Å².